The van der Waals surface area contributed by atoms with Crippen LogP contribution in [0.25, 0.3) is 0 Å². The van der Waals surface area contributed by atoms with Crippen LogP contribution in [0.2, 0.25) is 0 Å². The fourth-order valence-electron chi connectivity index (χ4n) is 10.6. The number of nitrogens with zero attached hydrogens (tertiary/aromatic N) is 2. The predicted molar refractivity (Wildman–Crippen MR) is 137 cm³/mol. The van der Waals surface area contributed by atoms with Gasteiger partial charge in [-0.2, -0.15) is 0 Å². The summed E-state index contributed by atoms with van der Waals surface area (Å²) in [5, 5.41) is 36.0. The van der Waals surface area contributed by atoms with E-state index < -0.39 is 28.3 Å². The number of aliphatic imine (C=N–C) groups is 1. The van der Waals surface area contributed by atoms with Crippen LogP contribution in [0.15, 0.2) is 28.4 Å². The van der Waals surface area contributed by atoms with Crippen LogP contribution in [0, 0.1) is 34.0 Å². The third-order valence-electron chi connectivity index (χ3n) is 11.5. The minimum absolute atomic E-state index is 0.00414. The second-order valence-corrected chi connectivity index (χ2v) is 12.3. The topological polar surface area (TPSA) is 148 Å². The van der Waals surface area contributed by atoms with Crippen LogP contribution in [0.4, 0.5) is 0 Å². The molecule has 6 rings (SSSR count). The van der Waals surface area contributed by atoms with Crippen molar-refractivity contribution in [3.63, 3.8) is 0 Å². The normalized spacial score (nSPS) is 44.4. The van der Waals surface area contributed by atoms with Crippen LogP contribution >= 0.6 is 0 Å². The van der Waals surface area contributed by atoms with Crippen molar-refractivity contribution in [2.75, 3.05) is 33.3 Å². The Kier molecular flexibility index (Phi) is 5.68. The summed E-state index contributed by atoms with van der Waals surface area (Å²) in [6.45, 7) is 1.76. The zero-order valence-corrected chi connectivity index (χ0v) is 21.7. The molecule has 7 atom stereocenters. The summed E-state index contributed by atoms with van der Waals surface area (Å²) in [5.41, 5.74) is 3.97. The van der Waals surface area contributed by atoms with Gasteiger partial charge < -0.3 is 31.3 Å². The molecule has 6 N–H and O–H groups in total. The average Bonchev–Trinajstić information content (AvgIpc) is 3.23. The zero-order valence-electron chi connectivity index (χ0n) is 21.7. The second-order valence-electron chi connectivity index (χ2n) is 12.3. The van der Waals surface area contributed by atoms with Crippen molar-refractivity contribution in [1.82, 2.24) is 10.2 Å². The number of ketones is 1. The number of hydrogen-bond donors (Lipinski definition) is 5. The molecule has 1 heterocycles. The molecule has 0 amide bonds. The van der Waals surface area contributed by atoms with E-state index in [2.05, 4.69) is 16.4 Å². The van der Waals surface area contributed by atoms with Crippen molar-refractivity contribution in [3.05, 3.63) is 23.4 Å². The Balaban J connectivity index is 1.67. The summed E-state index contributed by atoms with van der Waals surface area (Å²) in [7, 11) is 1.68. The number of carboxylic acids is 1. The van der Waals surface area contributed by atoms with Crippen LogP contribution in [0.3, 0.4) is 0 Å². The number of rotatable bonds is 5. The van der Waals surface area contributed by atoms with Gasteiger partial charge in [0, 0.05) is 61.5 Å². The van der Waals surface area contributed by atoms with Gasteiger partial charge in [-0.3, -0.25) is 9.79 Å². The van der Waals surface area contributed by atoms with E-state index in [0.29, 0.717) is 44.9 Å². The van der Waals surface area contributed by atoms with Crippen molar-refractivity contribution in [1.29, 1.82) is 0 Å². The number of carbonyl (C=O) groups is 2. The van der Waals surface area contributed by atoms with Crippen LogP contribution in [-0.2, 0) is 9.59 Å². The molecule has 0 aromatic heterocycles. The second kappa shape index (κ2) is 8.38. The van der Waals surface area contributed by atoms with E-state index in [9.17, 15) is 24.9 Å². The Morgan fingerprint density at radius 2 is 2.03 bits per heavy atom. The number of nitrogens with one attached hydrogen (secondary N) is 1. The van der Waals surface area contributed by atoms with Gasteiger partial charge in [0.25, 0.3) is 0 Å². The number of guanidine groups is 1. The number of allylic oxidation sites excluding steroid dienone is 1. The first-order valence-electron chi connectivity index (χ1n) is 14.0. The standard InChI is InChI=1S/C28H40N4O5/c1-30-24(29)32-12-10-25(15-31-11-13-33)9-8-20-27-17-4-2-3-5-21(34)28(20,37)22(23(35)36)19(27)14-18(7-6-17)26(25,27)16-32/h10,12,17-18,20,31,33,37H,2-9,11,13-16H2,1H3,(H2,29,30)(H,35,36)/t17-,18-,20+,25+,26-,27+,28-/m1/s1. The van der Waals surface area contributed by atoms with Crippen molar-refractivity contribution in [2.45, 2.75) is 63.4 Å². The molecular formula is C28H40N4O5. The van der Waals surface area contributed by atoms with Crippen LogP contribution in [-0.4, -0.2) is 76.8 Å². The Labute approximate surface area is 217 Å². The molecule has 0 unspecified atom stereocenters. The maximum atomic E-state index is 13.8. The monoisotopic (exact) mass is 512 g/mol. The highest BCUT2D eigenvalue weighted by Gasteiger charge is 2.84. The van der Waals surface area contributed by atoms with Gasteiger partial charge in [-0.05, 0) is 62.4 Å². The lowest BCUT2D eigenvalue weighted by molar-refractivity contribution is -0.214. The largest absolute Gasteiger partial charge is 0.478 e. The summed E-state index contributed by atoms with van der Waals surface area (Å²) in [5.74, 6) is -1.07. The van der Waals surface area contributed by atoms with Gasteiger partial charge in [0.2, 0.25) is 0 Å². The molecule has 5 aliphatic carbocycles. The number of aliphatic carboxylic acids is 1. The van der Waals surface area contributed by atoms with E-state index in [0.717, 1.165) is 37.7 Å². The third kappa shape index (κ3) is 2.78. The van der Waals surface area contributed by atoms with Crippen molar-refractivity contribution >= 4 is 17.7 Å². The molecule has 0 aromatic rings. The molecule has 2 spiro atoms. The maximum Gasteiger partial charge on any atom is 0.334 e. The van der Waals surface area contributed by atoms with Gasteiger partial charge in [0.1, 0.15) is 0 Å². The van der Waals surface area contributed by atoms with Gasteiger partial charge in [0.05, 0.1) is 12.2 Å². The average molecular weight is 513 g/mol. The van der Waals surface area contributed by atoms with Crippen LogP contribution in [0.1, 0.15) is 57.8 Å². The van der Waals surface area contributed by atoms with Crippen LogP contribution < -0.4 is 11.1 Å². The van der Waals surface area contributed by atoms with Crippen LogP contribution in [0.5, 0.6) is 0 Å². The van der Waals surface area contributed by atoms with Crippen molar-refractivity contribution in [2.24, 2.45) is 44.7 Å². The predicted octanol–water partition coefficient (Wildman–Crippen LogP) is 1.41. The fourth-order valence-corrected chi connectivity index (χ4v) is 10.6. The van der Waals surface area contributed by atoms with E-state index in [1.165, 1.54) is 0 Å². The molecule has 4 saturated carbocycles. The minimum atomic E-state index is -1.94. The Morgan fingerprint density at radius 1 is 1.24 bits per heavy atom. The highest BCUT2D eigenvalue weighted by molar-refractivity contribution is 6.05. The number of aliphatic hydroxyl groups excluding tert-OH is 1. The molecule has 9 nitrogen and oxygen atoms in total. The Hall–Kier alpha value is -2.23. The molecule has 6 aliphatic rings. The lowest BCUT2D eigenvalue weighted by atomic mass is 9.34. The quantitative estimate of drug-likeness (QED) is 0.211. The first kappa shape index (κ1) is 25.1. The molecule has 0 aromatic carbocycles. The molecule has 202 valence electrons. The first-order valence-corrected chi connectivity index (χ1v) is 14.0. The van der Waals surface area contributed by atoms with E-state index >= 15 is 0 Å². The maximum absolute atomic E-state index is 13.8. The number of Topliss-reactive ketones (excluding diaryl/α,β-unsaturated/α-hetero) is 1. The van der Waals surface area contributed by atoms with Gasteiger partial charge in [0.15, 0.2) is 17.3 Å². The van der Waals surface area contributed by atoms with Gasteiger partial charge in [-0.15, -0.1) is 0 Å². The first-order chi connectivity index (χ1) is 17.7. The third-order valence-corrected chi connectivity index (χ3v) is 11.5. The van der Waals surface area contributed by atoms with Gasteiger partial charge in [-0.25, -0.2) is 4.79 Å². The van der Waals surface area contributed by atoms with Crippen molar-refractivity contribution in [3.8, 4) is 0 Å². The number of hydrogen-bond acceptors (Lipinski definition) is 6. The number of carbonyl (C=O) groups excluding carboxylic acids is 1. The molecule has 37 heavy (non-hydrogen) atoms. The zero-order chi connectivity index (χ0) is 26.2. The fraction of sp³-hybridized carbons (Fsp3) is 0.750. The number of aliphatic hydroxyl groups is 2. The smallest absolute Gasteiger partial charge is 0.334 e. The SMILES string of the molecule is CN=C(N)N1C=C[C@]2(CNCCO)CC[C@@H]3[C@@]4(O)C(=O)CCCC[C@@H]5CC[C@@H]6CC(=C4C(=O)O)[C@@]53[C@]62C1. The molecule has 1 aliphatic heterocycles. The van der Waals surface area contributed by atoms with Crippen molar-refractivity contribution < 1.29 is 24.9 Å². The lowest BCUT2D eigenvalue weighted by Crippen LogP contribution is -2.72. The van der Waals surface area contributed by atoms with E-state index in [1.54, 1.807) is 7.05 Å². The summed E-state index contributed by atoms with van der Waals surface area (Å²) in [4.78, 5) is 33.0. The molecule has 3 bridgehead atoms. The summed E-state index contributed by atoms with van der Waals surface area (Å²) in [6, 6.07) is 0. The van der Waals surface area contributed by atoms with E-state index in [1.807, 2.05) is 11.1 Å². The minimum Gasteiger partial charge on any atom is -0.478 e. The highest BCUT2D eigenvalue weighted by Crippen LogP contribution is 2.84. The lowest BCUT2D eigenvalue weighted by Gasteiger charge is -2.71. The summed E-state index contributed by atoms with van der Waals surface area (Å²) in [6.07, 6.45) is 11.0. The molecule has 4 fully saturated rings. The van der Waals surface area contributed by atoms with E-state index in [4.69, 9.17) is 5.73 Å². The molecule has 9 heteroatoms. The van der Waals surface area contributed by atoms with Gasteiger partial charge >= 0.3 is 5.97 Å². The highest BCUT2D eigenvalue weighted by atomic mass is 16.4. The van der Waals surface area contributed by atoms with E-state index in [-0.39, 0.29) is 41.6 Å². The summed E-state index contributed by atoms with van der Waals surface area (Å²) >= 11 is 0. The Morgan fingerprint density at radius 3 is 2.76 bits per heavy atom. The van der Waals surface area contributed by atoms with Gasteiger partial charge in [-0.1, -0.05) is 12.5 Å². The molecule has 0 saturated heterocycles. The molecule has 0 radical (unpaired) electrons. The number of nitrogens with two attached hydrogens (primary N) is 1. The number of carboxylic acid groups (broad SMARTS) is 1. The Bertz CT molecular complexity index is 1120. The summed E-state index contributed by atoms with van der Waals surface area (Å²) < 4.78 is 0. The molecular weight excluding hydrogens is 472 g/mol.